The molecule has 7 rings (SSSR count). The molecular formula is C40H37ClO5S2. The summed E-state index contributed by atoms with van der Waals surface area (Å²) in [5.41, 5.74) is 3.64. The van der Waals surface area contributed by atoms with Crippen LogP contribution in [-0.4, -0.2) is 33.1 Å². The fourth-order valence-electron chi connectivity index (χ4n) is 8.21. The summed E-state index contributed by atoms with van der Waals surface area (Å²) in [6, 6.07) is 34.6. The molecule has 0 spiro atoms. The molecule has 246 valence electrons. The normalized spacial score (nSPS) is 24.7. The van der Waals surface area contributed by atoms with Gasteiger partial charge in [-0.3, -0.25) is 4.79 Å². The molecule has 5 nitrogen and oxygen atoms in total. The van der Waals surface area contributed by atoms with Crippen molar-refractivity contribution in [3.63, 3.8) is 0 Å². The van der Waals surface area contributed by atoms with Crippen molar-refractivity contribution in [2.45, 2.75) is 65.2 Å². The molecule has 48 heavy (non-hydrogen) atoms. The molecule has 8 heteroatoms. The summed E-state index contributed by atoms with van der Waals surface area (Å²) in [6.45, 7) is 3.88. The average Bonchev–Trinajstić information content (AvgIpc) is 3.08. The van der Waals surface area contributed by atoms with Gasteiger partial charge in [-0.15, -0.1) is 0 Å². The predicted octanol–water partition coefficient (Wildman–Crippen LogP) is 8.66. The van der Waals surface area contributed by atoms with E-state index in [9.17, 15) is 21.6 Å². The van der Waals surface area contributed by atoms with E-state index in [1.807, 2.05) is 80.6 Å². The van der Waals surface area contributed by atoms with Crippen LogP contribution in [-0.2, 0) is 24.5 Å². The Morgan fingerprint density at radius 2 is 1.19 bits per heavy atom. The van der Waals surface area contributed by atoms with Gasteiger partial charge in [0, 0.05) is 29.2 Å². The number of carbonyl (C=O) groups excluding carboxylic acids is 1. The lowest BCUT2D eigenvalue weighted by molar-refractivity contribution is -0.128. The Balaban J connectivity index is 1.42. The first kappa shape index (κ1) is 32.8. The summed E-state index contributed by atoms with van der Waals surface area (Å²) in [6.07, 6.45) is 0.318. The van der Waals surface area contributed by atoms with Crippen LogP contribution in [0, 0.1) is 25.7 Å². The van der Waals surface area contributed by atoms with E-state index < -0.39 is 53.8 Å². The van der Waals surface area contributed by atoms with E-state index >= 15 is 0 Å². The molecule has 2 aliphatic rings. The summed E-state index contributed by atoms with van der Waals surface area (Å²) < 4.78 is 58.9. The van der Waals surface area contributed by atoms with Crippen LogP contribution in [0.5, 0.6) is 0 Å². The predicted molar refractivity (Wildman–Crippen MR) is 191 cm³/mol. The Kier molecular flexibility index (Phi) is 8.59. The number of hydrogen-bond donors (Lipinski definition) is 0. The molecule has 0 heterocycles. The number of fused-ring (bicyclic) bond motifs is 2. The van der Waals surface area contributed by atoms with E-state index in [2.05, 4.69) is 0 Å². The summed E-state index contributed by atoms with van der Waals surface area (Å²) in [7, 11) is -7.91. The molecule has 2 saturated carbocycles. The van der Waals surface area contributed by atoms with Crippen molar-refractivity contribution in [2.75, 3.05) is 0 Å². The first-order valence-corrected chi connectivity index (χ1v) is 19.8. The molecule has 5 aromatic rings. The van der Waals surface area contributed by atoms with Crippen LogP contribution in [0.3, 0.4) is 0 Å². The minimum atomic E-state index is -4.00. The van der Waals surface area contributed by atoms with Crippen molar-refractivity contribution in [3.8, 4) is 0 Å². The molecule has 0 N–H and O–H groups in total. The zero-order valence-electron chi connectivity index (χ0n) is 26.8. The highest BCUT2D eigenvalue weighted by Crippen LogP contribution is 2.54. The number of benzene rings is 5. The van der Waals surface area contributed by atoms with Crippen LogP contribution in [0.15, 0.2) is 125 Å². The second-order valence-electron chi connectivity index (χ2n) is 13.5. The number of sulfone groups is 2. The van der Waals surface area contributed by atoms with Gasteiger partial charge in [-0.1, -0.05) is 102 Å². The van der Waals surface area contributed by atoms with Gasteiger partial charge in [0.1, 0.15) is 5.78 Å². The molecular weight excluding hydrogens is 660 g/mol. The van der Waals surface area contributed by atoms with Gasteiger partial charge >= 0.3 is 0 Å². The van der Waals surface area contributed by atoms with Gasteiger partial charge in [0.15, 0.2) is 19.7 Å². The summed E-state index contributed by atoms with van der Waals surface area (Å²) in [5.74, 6) is -2.54. The molecule has 0 amide bonds. The smallest absolute Gasteiger partial charge is 0.182 e. The lowest BCUT2D eigenvalue weighted by Crippen LogP contribution is -2.53. The van der Waals surface area contributed by atoms with Crippen molar-refractivity contribution in [1.82, 2.24) is 0 Å². The van der Waals surface area contributed by atoms with E-state index in [4.69, 9.17) is 11.6 Å². The second-order valence-corrected chi connectivity index (χ2v) is 18.2. The number of carbonyl (C=O) groups is 1. The highest BCUT2D eigenvalue weighted by molar-refractivity contribution is 7.92. The Bertz CT molecular complexity index is 2210. The third-order valence-electron chi connectivity index (χ3n) is 10.6. The van der Waals surface area contributed by atoms with Gasteiger partial charge in [-0.05, 0) is 90.9 Å². The standard InChI is InChI=1S/C40H37ClO5S2/c1-25-10-14-28(15-11-25)34-23-38(42)35-24-39(47(43,44)30-18-12-26(2)13-19-30)36(33-9-5-7-27-6-3-4-8-32(27)33)22-37(35)40(34)48(45,46)31-20-16-29(41)17-21-31/h3-21,34-37,39-40H,22-24H2,1-2H3/t34-,35+,36-,37-,39?,40?/m0/s1. The molecule has 0 aromatic heterocycles. The third-order valence-corrected chi connectivity index (χ3v) is 15.4. The van der Waals surface area contributed by atoms with Crippen LogP contribution < -0.4 is 0 Å². The fraction of sp³-hybridized carbons (Fsp3) is 0.275. The topological polar surface area (TPSA) is 85.3 Å². The van der Waals surface area contributed by atoms with Gasteiger partial charge in [-0.25, -0.2) is 16.8 Å². The van der Waals surface area contributed by atoms with E-state index in [-0.39, 0.29) is 34.8 Å². The number of halogens is 1. The van der Waals surface area contributed by atoms with Crippen molar-refractivity contribution in [3.05, 3.63) is 143 Å². The lowest BCUT2D eigenvalue weighted by atomic mass is 9.61. The minimum absolute atomic E-state index is 0.0257. The Hall–Kier alpha value is -3.78. The number of ketones is 1. The highest BCUT2D eigenvalue weighted by Gasteiger charge is 2.56. The van der Waals surface area contributed by atoms with Crippen molar-refractivity contribution < 1.29 is 21.6 Å². The van der Waals surface area contributed by atoms with Crippen LogP contribution in [0.4, 0.5) is 0 Å². The Morgan fingerprint density at radius 1 is 0.604 bits per heavy atom. The van der Waals surface area contributed by atoms with Gasteiger partial charge in [0.2, 0.25) is 0 Å². The van der Waals surface area contributed by atoms with Crippen LogP contribution in [0.1, 0.15) is 53.4 Å². The first-order valence-electron chi connectivity index (χ1n) is 16.3. The average molecular weight is 697 g/mol. The molecule has 2 fully saturated rings. The number of Topliss-reactive ketones (excluding diaryl/α,β-unsaturated/α-hetero) is 1. The zero-order valence-corrected chi connectivity index (χ0v) is 29.2. The largest absolute Gasteiger partial charge is 0.299 e. The number of hydrogen-bond acceptors (Lipinski definition) is 5. The SMILES string of the molecule is Cc1ccc([C@@H]2CC(=O)[C@@H]3CC(S(=O)(=O)c4ccc(C)cc4)[C@H](c4cccc5ccccc45)C[C@@H]3C2S(=O)(=O)c2ccc(Cl)cc2)cc1. The second kappa shape index (κ2) is 12.6. The van der Waals surface area contributed by atoms with Crippen molar-refractivity contribution in [2.24, 2.45) is 11.8 Å². The van der Waals surface area contributed by atoms with Gasteiger partial charge in [-0.2, -0.15) is 0 Å². The molecule has 0 bridgehead atoms. The Morgan fingerprint density at radius 3 is 1.88 bits per heavy atom. The van der Waals surface area contributed by atoms with E-state index in [1.54, 1.807) is 36.4 Å². The van der Waals surface area contributed by atoms with E-state index in [1.165, 1.54) is 12.1 Å². The molecule has 5 aromatic carbocycles. The van der Waals surface area contributed by atoms with Gasteiger partial charge in [0.05, 0.1) is 20.3 Å². The van der Waals surface area contributed by atoms with Gasteiger partial charge < -0.3 is 0 Å². The molecule has 0 saturated heterocycles. The zero-order chi connectivity index (χ0) is 33.8. The monoisotopic (exact) mass is 696 g/mol. The maximum Gasteiger partial charge on any atom is 0.182 e. The summed E-state index contributed by atoms with van der Waals surface area (Å²) in [4.78, 5) is 14.6. The summed E-state index contributed by atoms with van der Waals surface area (Å²) in [5, 5.41) is 0.488. The van der Waals surface area contributed by atoms with Crippen LogP contribution in [0.2, 0.25) is 5.02 Å². The maximum atomic E-state index is 14.8. The quantitative estimate of drug-likeness (QED) is 0.177. The molecule has 0 aliphatic heterocycles. The third kappa shape index (κ3) is 5.80. The molecule has 0 radical (unpaired) electrons. The molecule has 6 atom stereocenters. The summed E-state index contributed by atoms with van der Waals surface area (Å²) >= 11 is 6.17. The van der Waals surface area contributed by atoms with Crippen molar-refractivity contribution >= 4 is 47.8 Å². The van der Waals surface area contributed by atoms with Crippen LogP contribution >= 0.6 is 11.6 Å². The number of rotatable bonds is 6. The first-order chi connectivity index (χ1) is 22.9. The van der Waals surface area contributed by atoms with Gasteiger partial charge in [0.25, 0.3) is 0 Å². The van der Waals surface area contributed by atoms with Crippen molar-refractivity contribution in [1.29, 1.82) is 0 Å². The Labute approximate surface area is 287 Å². The van der Waals surface area contributed by atoms with E-state index in [0.29, 0.717) is 5.02 Å². The van der Waals surface area contributed by atoms with E-state index in [0.717, 1.165) is 33.0 Å². The lowest BCUT2D eigenvalue weighted by Gasteiger charge is -2.48. The van der Waals surface area contributed by atoms with Crippen LogP contribution in [0.25, 0.3) is 10.8 Å². The number of aryl methyl sites for hydroxylation is 2. The fourth-order valence-corrected chi connectivity index (χ4v) is 12.6. The molecule has 2 unspecified atom stereocenters. The minimum Gasteiger partial charge on any atom is -0.299 e. The highest BCUT2D eigenvalue weighted by atomic mass is 35.5. The maximum absolute atomic E-state index is 14.8. The molecule has 2 aliphatic carbocycles.